The van der Waals surface area contributed by atoms with Crippen LogP contribution in [0, 0.1) is 0 Å². The van der Waals surface area contributed by atoms with E-state index in [1.54, 1.807) is 9.82 Å². The number of benzene rings is 1. The quantitative estimate of drug-likeness (QED) is 0.761. The molecule has 1 aromatic carbocycles. The first-order valence-corrected chi connectivity index (χ1v) is 7.79. The van der Waals surface area contributed by atoms with E-state index in [0.717, 1.165) is 0 Å². The first-order chi connectivity index (χ1) is 7.81. The molecule has 1 heterocycles. The fraction of sp³-hybridized carbons (Fsp3) is 0.429. The third kappa shape index (κ3) is 2.76. The summed E-state index contributed by atoms with van der Waals surface area (Å²) in [7, 11) is 2.22. The maximum atomic E-state index is 2.46. The van der Waals surface area contributed by atoms with Crippen LogP contribution in [-0.4, -0.2) is 39.5 Å². The van der Waals surface area contributed by atoms with Gasteiger partial charge in [0.1, 0.15) is 0 Å². The Hall–Kier alpha value is -0.561. The summed E-state index contributed by atoms with van der Waals surface area (Å²) in [6, 6.07) is 8.86. The first kappa shape index (κ1) is 11.9. The van der Waals surface area contributed by atoms with Gasteiger partial charge in [-0.1, -0.05) is 0 Å². The second-order valence-electron chi connectivity index (χ2n) is 4.31. The zero-order valence-electron chi connectivity index (χ0n) is 10.1. The summed E-state index contributed by atoms with van der Waals surface area (Å²) >= 11 is 0.579. The van der Waals surface area contributed by atoms with Crippen molar-refractivity contribution in [3.8, 4) is 0 Å². The van der Waals surface area contributed by atoms with Crippen LogP contribution in [0.15, 0.2) is 29.2 Å². The molecule has 0 fully saturated rings. The van der Waals surface area contributed by atoms with Crippen LogP contribution in [-0.2, 0) is 6.42 Å². The summed E-state index contributed by atoms with van der Waals surface area (Å²) in [5.41, 5.74) is 1.57. The normalized spacial score (nSPS) is 11.4. The van der Waals surface area contributed by atoms with Crippen molar-refractivity contribution in [1.29, 1.82) is 0 Å². The van der Waals surface area contributed by atoms with Crippen molar-refractivity contribution in [1.82, 2.24) is 4.90 Å². The molecule has 0 saturated carbocycles. The Morgan fingerprint density at radius 3 is 2.81 bits per heavy atom. The average Bonchev–Trinajstić information content (AvgIpc) is 2.70. The van der Waals surface area contributed by atoms with E-state index in [1.807, 2.05) is 0 Å². The van der Waals surface area contributed by atoms with E-state index in [0.29, 0.717) is 14.5 Å². The van der Waals surface area contributed by atoms with E-state index in [4.69, 9.17) is 0 Å². The van der Waals surface area contributed by atoms with Gasteiger partial charge in [-0.3, -0.25) is 0 Å². The summed E-state index contributed by atoms with van der Waals surface area (Å²) < 4.78 is 1.56. The van der Waals surface area contributed by atoms with Gasteiger partial charge >= 0.3 is 104 Å². The molecule has 0 amide bonds. The molecule has 2 aromatic rings. The third-order valence-electron chi connectivity index (χ3n) is 2.93. The molecule has 0 aliphatic carbocycles. The van der Waals surface area contributed by atoms with Crippen LogP contribution in [0.5, 0.6) is 0 Å². The molecule has 0 spiro atoms. The van der Waals surface area contributed by atoms with Crippen LogP contribution in [0.1, 0.15) is 18.9 Å². The SMILES string of the molecule is CCCN(C)CCc1c[se]c2ccccc12. The Bertz CT molecular complexity index is 447. The second-order valence-corrected chi connectivity index (χ2v) is 6.22. The first-order valence-electron chi connectivity index (χ1n) is 5.95. The molecule has 1 nitrogen and oxygen atoms in total. The minimum absolute atomic E-state index is 0.579. The van der Waals surface area contributed by atoms with Crippen molar-refractivity contribution < 1.29 is 0 Å². The molecular weight excluding hydrogens is 261 g/mol. The molecule has 0 N–H and O–H groups in total. The Labute approximate surface area is 104 Å². The van der Waals surface area contributed by atoms with E-state index in [-0.39, 0.29) is 0 Å². The molecule has 16 heavy (non-hydrogen) atoms. The summed E-state index contributed by atoms with van der Waals surface area (Å²) in [6.45, 7) is 4.63. The van der Waals surface area contributed by atoms with E-state index in [2.05, 4.69) is 48.1 Å². The van der Waals surface area contributed by atoms with Gasteiger partial charge in [0.05, 0.1) is 0 Å². The van der Waals surface area contributed by atoms with Gasteiger partial charge in [-0.25, -0.2) is 0 Å². The number of fused-ring (bicyclic) bond motifs is 1. The topological polar surface area (TPSA) is 3.24 Å². The molecule has 0 bridgehead atoms. The van der Waals surface area contributed by atoms with Crippen LogP contribution in [0.4, 0.5) is 0 Å². The minimum atomic E-state index is 0.579. The van der Waals surface area contributed by atoms with Gasteiger partial charge in [-0.15, -0.1) is 0 Å². The monoisotopic (exact) mass is 281 g/mol. The van der Waals surface area contributed by atoms with E-state index in [9.17, 15) is 0 Å². The summed E-state index contributed by atoms with van der Waals surface area (Å²) in [4.78, 5) is 4.88. The summed E-state index contributed by atoms with van der Waals surface area (Å²) in [5, 5.41) is 1.51. The van der Waals surface area contributed by atoms with Gasteiger partial charge in [0.15, 0.2) is 0 Å². The van der Waals surface area contributed by atoms with Gasteiger partial charge in [0.2, 0.25) is 0 Å². The zero-order valence-corrected chi connectivity index (χ0v) is 11.8. The predicted molar refractivity (Wildman–Crippen MR) is 72.4 cm³/mol. The maximum absolute atomic E-state index is 2.46. The summed E-state index contributed by atoms with van der Waals surface area (Å²) in [6.07, 6.45) is 2.45. The van der Waals surface area contributed by atoms with Crippen LogP contribution < -0.4 is 0 Å². The van der Waals surface area contributed by atoms with Crippen LogP contribution >= 0.6 is 0 Å². The van der Waals surface area contributed by atoms with E-state index < -0.39 is 0 Å². The molecule has 1 aromatic heterocycles. The molecule has 0 unspecified atom stereocenters. The van der Waals surface area contributed by atoms with Crippen LogP contribution in [0.2, 0.25) is 0 Å². The van der Waals surface area contributed by atoms with Crippen molar-refractivity contribution in [2.75, 3.05) is 20.1 Å². The molecule has 0 aliphatic rings. The molecule has 0 atom stereocenters. The van der Waals surface area contributed by atoms with Gasteiger partial charge in [0, 0.05) is 0 Å². The standard InChI is InChI=1S/C14H19NSe/c1-3-9-15(2)10-8-12-11-16-14-7-5-4-6-13(12)14/h4-7,11H,3,8-10H2,1-2H3. The van der Waals surface area contributed by atoms with Crippen molar-refractivity contribution in [3.05, 3.63) is 34.8 Å². The third-order valence-corrected chi connectivity index (χ3v) is 5.05. The molecule has 0 aliphatic heterocycles. The van der Waals surface area contributed by atoms with Crippen LogP contribution in [0.25, 0.3) is 9.65 Å². The molecule has 2 rings (SSSR count). The fourth-order valence-corrected chi connectivity index (χ4v) is 4.12. The van der Waals surface area contributed by atoms with Crippen molar-refractivity contribution in [3.63, 3.8) is 0 Å². The molecular formula is C14H19NSe. The molecule has 2 heteroatoms. The number of hydrogen-bond donors (Lipinski definition) is 0. The Kier molecular flexibility index (Phi) is 4.22. The number of hydrogen-bond acceptors (Lipinski definition) is 1. The second kappa shape index (κ2) is 5.67. The van der Waals surface area contributed by atoms with Crippen molar-refractivity contribution in [2.24, 2.45) is 0 Å². The van der Waals surface area contributed by atoms with Gasteiger partial charge in [-0.2, -0.15) is 0 Å². The van der Waals surface area contributed by atoms with Gasteiger partial charge in [0.25, 0.3) is 0 Å². The Morgan fingerprint density at radius 1 is 1.19 bits per heavy atom. The fourth-order valence-electron chi connectivity index (χ4n) is 2.03. The van der Waals surface area contributed by atoms with E-state index in [1.165, 1.54) is 31.3 Å². The zero-order chi connectivity index (χ0) is 11.4. The predicted octanol–water partition coefficient (Wildman–Crippen LogP) is 2.78. The average molecular weight is 280 g/mol. The van der Waals surface area contributed by atoms with Gasteiger partial charge in [-0.05, 0) is 0 Å². The number of likely N-dealkylation sites (N-methyl/N-ethyl adjacent to an activating group) is 1. The van der Waals surface area contributed by atoms with Crippen molar-refractivity contribution >= 4 is 24.1 Å². The Morgan fingerprint density at radius 2 is 2.00 bits per heavy atom. The van der Waals surface area contributed by atoms with Gasteiger partial charge < -0.3 is 0 Å². The van der Waals surface area contributed by atoms with Crippen LogP contribution in [0.3, 0.4) is 0 Å². The van der Waals surface area contributed by atoms with E-state index >= 15 is 0 Å². The number of nitrogens with zero attached hydrogens (tertiary/aromatic N) is 1. The number of rotatable bonds is 5. The van der Waals surface area contributed by atoms with Crippen molar-refractivity contribution in [2.45, 2.75) is 19.8 Å². The Balaban J connectivity index is 2.04. The molecule has 0 saturated heterocycles. The molecule has 0 radical (unpaired) electrons. The summed E-state index contributed by atoms with van der Waals surface area (Å²) in [5.74, 6) is 0. The molecule has 86 valence electrons.